The Balaban J connectivity index is 1.63. The van der Waals surface area contributed by atoms with E-state index in [1.54, 1.807) is 18.2 Å². The number of amidine groups is 1. The summed E-state index contributed by atoms with van der Waals surface area (Å²) in [7, 11) is 0. The number of rotatable bonds is 9. The first kappa shape index (κ1) is 21.7. The third-order valence-electron chi connectivity index (χ3n) is 4.28. The van der Waals surface area contributed by atoms with Gasteiger partial charge in [-0.1, -0.05) is 23.5 Å². The smallest absolute Gasteiger partial charge is 0.372 e. The molecule has 0 saturated heterocycles. The number of ketones is 1. The molecule has 7 N–H and O–H groups in total. The third-order valence-corrected chi connectivity index (χ3v) is 5.13. The van der Waals surface area contributed by atoms with Crippen LogP contribution in [-0.2, 0) is 16.0 Å². The fourth-order valence-corrected chi connectivity index (χ4v) is 3.54. The molecule has 1 aromatic heterocycles. The lowest BCUT2D eigenvalue weighted by Crippen LogP contribution is -2.28. The van der Waals surface area contributed by atoms with Crippen LogP contribution < -0.4 is 21.5 Å². The van der Waals surface area contributed by atoms with Crippen LogP contribution in [0.5, 0.6) is 5.75 Å². The van der Waals surface area contributed by atoms with Crippen molar-refractivity contribution in [3.63, 3.8) is 0 Å². The van der Waals surface area contributed by atoms with E-state index >= 15 is 0 Å². The van der Waals surface area contributed by atoms with Gasteiger partial charge in [-0.2, -0.15) is 0 Å². The number of hydrogen-bond donors (Lipinski definition) is 5. The molecule has 0 aliphatic rings. The van der Waals surface area contributed by atoms with E-state index < -0.39 is 11.8 Å². The van der Waals surface area contributed by atoms with Crippen molar-refractivity contribution in [2.75, 3.05) is 18.9 Å². The van der Waals surface area contributed by atoms with Crippen molar-refractivity contribution < 1.29 is 24.2 Å². The molecule has 0 aliphatic carbocycles. The first-order valence-electron chi connectivity index (χ1n) is 9.05. The monoisotopic (exact) mass is 441 g/mol. The van der Waals surface area contributed by atoms with E-state index in [4.69, 9.17) is 26.7 Å². The molecule has 0 radical (unpaired) electrons. The van der Waals surface area contributed by atoms with Crippen molar-refractivity contribution in [1.82, 2.24) is 10.3 Å². The summed E-state index contributed by atoms with van der Waals surface area (Å²) in [6.45, 7) is 0.204. The molecular weight excluding hydrogens is 422 g/mol. The summed E-state index contributed by atoms with van der Waals surface area (Å²) in [6.07, 6.45) is -0.368. The van der Waals surface area contributed by atoms with Gasteiger partial charge in [0.05, 0.1) is 16.8 Å². The number of carboxylic acid groups (broad SMARTS) is 1. The number of fused-ring (bicyclic) bond motifs is 1. The van der Waals surface area contributed by atoms with Gasteiger partial charge in [0.25, 0.3) is 5.91 Å². The summed E-state index contributed by atoms with van der Waals surface area (Å²) in [5.41, 5.74) is 13.0. The summed E-state index contributed by atoms with van der Waals surface area (Å²) >= 11 is 1.29. The molecule has 3 aromatic rings. The summed E-state index contributed by atoms with van der Waals surface area (Å²) in [6, 6.07) is 9.50. The predicted molar refractivity (Wildman–Crippen MR) is 116 cm³/mol. The zero-order valence-corrected chi connectivity index (χ0v) is 17.0. The Labute approximate surface area is 180 Å². The Kier molecular flexibility index (Phi) is 6.46. The molecule has 31 heavy (non-hydrogen) atoms. The SMILES string of the molecule is N=C(N)c1ccc(CC(=O)C(=O)O)c(OCCNC(=O)c2ccc3nc(N)sc3c2)c1. The number of nitrogens with zero attached hydrogens (tertiary/aromatic N) is 1. The van der Waals surface area contributed by atoms with Crippen molar-refractivity contribution in [2.45, 2.75) is 6.42 Å². The lowest BCUT2D eigenvalue weighted by Gasteiger charge is -2.13. The number of nitrogens with two attached hydrogens (primary N) is 2. The second-order valence-corrected chi connectivity index (χ2v) is 7.54. The van der Waals surface area contributed by atoms with Gasteiger partial charge < -0.3 is 26.6 Å². The molecular formula is C20H19N5O5S. The van der Waals surface area contributed by atoms with E-state index in [2.05, 4.69) is 10.3 Å². The number of aliphatic carboxylic acids is 1. The van der Waals surface area contributed by atoms with E-state index in [0.717, 1.165) is 10.2 Å². The number of carbonyl (C=O) groups is 3. The second kappa shape index (κ2) is 9.22. The van der Waals surface area contributed by atoms with E-state index in [-0.39, 0.29) is 37.1 Å². The lowest BCUT2D eigenvalue weighted by atomic mass is 10.0. The number of aromatic nitrogens is 1. The zero-order chi connectivity index (χ0) is 22.5. The molecule has 160 valence electrons. The van der Waals surface area contributed by atoms with E-state index in [1.807, 2.05) is 0 Å². The minimum absolute atomic E-state index is 0.0527. The Morgan fingerprint density at radius 1 is 1.16 bits per heavy atom. The highest BCUT2D eigenvalue weighted by Gasteiger charge is 2.16. The van der Waals surface area contributed by atoms with Crippen LogP contribution in [0.1, 0.15) is 21.5 Å². The van der Waals surface area contributed by atoms with Gasteiger partial charge in [-0.3, -0.25) is 15.0 Å². The molecule has 1 amide bonds. The fourth-order valence-electron chi connectivity index (χ4n) is 2.76. The summed E-state index contributed by atoms with van der Waals surface area (Å²) in [4.78, 5) is 38.9. The largest absolute Gasteiger partial charge is 0.491 e. The van der Waals surface area contributed by atoms with Gasteiger partial charge in [0.15, 0.2) is 5.13 Å². The van der Waals surface area contributed by atoms with Crippen LogP contribution in [0, 0.1) is 5.41 Å². The van der Waals surface area contributed by atoms with Crippen LogP contribution in [0.15, 0.2) is 36.4 Å². The number of amides is 1. The molecule has 2 aromatic carbocycles. The quantitative estimate of drug-likeness (QED) is 0.142. The average Bonchev–Trinajstić information content (AvgIpc) is 3.10. The Bertz CT molecular complexity index is 1190. The summed E-state index contributed by atoms with van der Waals surface area (Å²) in [5, 5.41) is 19.5. The predicted octanol–water partition coefficient (Wildman–Crippen LogP) is 1.17. The van der Waals surface area contributed by atoms with Crippen LogP contribution in [-0.4, -0.2) is 46.7 Å². The van der Waals surface area contributed by atoms with Crippen LogP contribution in [0.3, 0.4) is 0 Å². The molecule has 3 rings (SSSR count). The number of nitrogen functional groups attached to an aromatic ring is 2. The number of hydrogen-bond acceptors (Lipinski definition) is 8. The molecule has 0 spiro atoms. The van der Waals surface area contributed by atoms with Gasteiger partial charge >= 0.3 is 5.97 Å². The van der Waals surface area contributed by atoms with Gasteiger partial charge in [0, 0.05) is 23.1 Å². The van der Waals surface area contributed by atoms with Crippen molar-refractivity contribution in [3.05, 3.63) is 53.1 Å². The number of carbonyl (C=O) groups excluding carboxylic acids is 2. The molecule has 0 fully saturated rings. The molecule has 0 bridgehead atoms. The highest BCUT2D eigenvalue weighted by Crippen LogP contribution is 2.24. The van der Waals surface area contributed by atoms with Crippen molar-refractivity contribution in [1.29, 1.82) is 5.41 Å². The van der Waals surface area contributed by atoms with Crippen molar-refractivity contribution >= 4 is 50.2 Å². The van der Waals surface area contributed by atoms with E-state index in [0.29, 0.717) is 21.8 Å². The molecule has 10 nitrogen and oxygen atoms in total. The Hall–Kier alpha value is -3.99. The molecule has 0 saturated carbocycles. The van der Waals surface area contributed by atoms with Crippen LogP contribution in [0.4, 0.5) is 5.13 Å². The molecule has 0 atom stereocenters. The number of Topliss-reactive ketones (excluding diaryl/α,β-unsaturated/α-hetero) is 1. The maximum absolute atomic E-state index is 12.4. The first-order valence-corrected chi connectivity index (χ1v) is 9.86. The molecule has 0 aliphatic heterocycles. The summed E-state index contributed by atoms with van der Waals surface area (Å²) < 4.78 is 6.43. The van der Waals surface area contributed by atoms with Crippen LogP contribution >= 0.6 is 11.3 Å². The van der Waals surface area contributed by atoms with Crippen LogP contribution in [0.2, 0.25) is 0 Å². The zero-order valence-electron chi connectivity index (χ0n) is 16.2. The van der Waals surface area contributed by atoms with Crippen molar-refractivity contribution in [3.8, 4) is 5.75 Å². The maximum Gasteiger partial charge on any atom is 0.372 e. The highest BCUT2D eigenvalue weighted by molar-refractivity contribution is 7.22. The van der Waals surface area contributed by atoms with Gasteiger partial charge in [0.2, 0.25) is 5.78 Å². The third kappa shape index (κ3) is 5.34. The van der Waals surface area contributed by atoms with Gasteiger partial charge in [-0.05, 0) is 24.3 Å². The summed E-state index contributed by atoms with van der Waals surface area (Å²) in [5.74, 6) is -2.83. The highest BCUT2D eigenvalue weighted by atomic mass is 32.1. The van der Waals surface area contributed by atoms with Gasteiger partial charge in [-0.25, -0.2) is 9.78 Å². The number of anilines is 1. The normalized spacial score (nSPS) is 10.6. The molecule has 1 heterocycles. The van der Waals surface area contributed by atoms with Gasteiger partial charge in [0.1, 0.15) is 18.2 Å². The van der Waals surface area contributed by atoms with Crippen LogP contribution in [0.25, 0.3) is 10.2 Å². The Morgan fingerprint density at radius 2 is 1.90 bits per heavy atom. The fraction of sp³-hybridized carbons (Fsp3) is 0.150. The number of nitrogens with one attached hydrogen (secondary N) is 2. The van der Waals surface area contributed by atoms with E-state index in [1.165, 1.54) is 29.5 Å². The van der Waals surface area contributed by atoms with Gasteiger partial charge in [-0.15, -0.1) is 0 Å². The Morgan fingerprint density at radius 3 is 2.61 bits per heavy atom. The lowest BCUT2D eigenvalue weighted by molar-refractivity contribution is -0.148. The second-order valence-electron chi connectivity index (χ2n) is 6.48. The average molecular weight is 441 g/mol. The molecule has 0 unspecified atom stereocenters. The number of benzene rings is 2. The minimum Gasteiger partial charge on any atom is -0.491 e. The molecule has 11 heteroatoms. The first-order chi connectivity index (χ1) is 14.7. The maximum atomic E-state index is 12.4. The van der Waals surface area contributed by atoms with E-state index in [9.17, 15) is 14.4 Å². The number of ether oxygens (including phenoxy) is 1. The van der Waals surface area contributed by atoms with Crippen molar-refractivity contribution in [2.24, 2.45) is 5.73 Å². The number of thiazole rings is 1. The standard InChI is InChI=1S/C20H19N5O5S/c21-17(22)11-2-1-10(7-14(26)19(28)29)15(8-11)30-6-5-24-18(27)12-3-4-13-16(9-12)31-20(23)25-13/h1-4,8-9H,5-7H2,(H3,21,22)(H2,23,25)(H,24,27)(H,28,29). The topological polar surface area (TPSA) is 181 Å². The number of carboxylic acids is 1. The minimum atomic E-state index is -1.55.